The number of anilines is 1. The van der Waals surface area contributed by atoms with E-state index in [1.54, 1.807) is 0 Å². The molecule has 0 saturated heterocycles. The minimum absolute atomic E-state index is 0.0341. The predicted octanol–water partition coefficient (Wildman–Crippen LogP) is 1.47. The van der Waals surface area contributed by atoms with Crippen molar-refractivity contribution in [2.24, 2.45) is 0 Å². The second-order valence-corrected chi connectivity index (χ2v) is 6.66. The lowest BCUT2D eigenvalue weighted by molar-refractivity contribution is -0.115. The molecule has 1 aliphatic heterocycles. The number of hydrogen-bond donors (Lipinski definition) is 2. The van der Waals surface area contributed by atoms with Crippen molar-refractivity contribution < 1.29 is 27.1 Å². The SMILES string of the molecule is O=C(CNS(=O)(=O)c1ccc2c(c1)OCO2)Nc1ccc(F)cc1. The van der Waals surface area contributed by atoms with Gasteiger partial charge in [-0.2, -0.15) is 0 Å². The van der Waals surface area contributed by atoms with E-state index < -0.39 is 28.3 Å². The largest absolute Gasteiger partial charge is 0.454 e. The highest BCUT2D eigenvalue weighted by molar-refractivity contribution is 7.89. The van der Waals surface area contributed by atoms with E-state index in [1.165, 1.54) is 42.5 Å². The number of halogens is 1. The van der Waals surface area contributed by atoms with Crippen LogP contribution in [0.3, 0.4) is 0 Å². The van der Waals surface area contributed by atoms with E-state index in [-0.39, 0.29) is 11.7 Å². The third-order valence-electron chi connectivity index (χ3n) is 3.21. The summed E-state index contributed by atoms with van der Waals surface area (Å²) in [6, 6.07) is 9.28. The zero-order valence-electron chi connectivity index (χ0n) is 12.3. The lowest BCUT2D eigenvalue weighted by Gasteiger charge is -2.08. The minimum Gasteiger partial charge on any atom is -0.454 e. The Morgan fingerprint density at radius 2 is 1.79 bits per heavy atom. The smallest absolute Gasteiger partial charge is 0.241 e. The number of carbonyl (C=O) groups excluding carboxylic acids is 1. The number of nitrogens with one attached hydrogen (secondary N) is 2. The molecule has 0 fully saturated rings. The number of hydrogen-bond acceptors (Lipinski definition) is 5. The van der Waals surface area contributed by atoms with Gasteiger partial charge in [0, 0.05) is 11.8 Å². The summed E-state index contributed by atoms with van der Waals surface area (Å²) in [6.45, 7) is -0.430. The molecule has 0 saturated carbocycles. The van der Waals surface area contributed by atoms with Crippen molar-refractivity contribution >= 4 is 21.6 Å². The van der Waals surface area contributed by atoms with E-state index in [0.717, 1.165) is 0 Å². The van der Waals surface area contributed by atoms with Crippen LogP contribution in [-0.4, -0.2) is 27.7 Å². The van der Waals surface area contributed by atoms with Crippen LogP contribution in [0.2, 0.25) is 0 Å². The molecule has 0 bridgehead atoms. The first-order valence-electron chi connectivity index (χ1n) is 6.89. The number of fused-ring (bicyclic) bond motifs is 1. The van der Waals surface area contributed by atoms with E-state index >= 15 is 0 Å². The average molecular weight is 352 g/mol. The van der Waals surface area contributed by atoms with Crippen molar-refractivity contribution in [3.05, 3.63) is 48.3 Å². The summed E-state index contributed by atoms with van der Waals surface area (Å²) < 4.78 is 49.6. The maximum Gasteiger partial charge on any atom is 0.241 e. The van der Waals surface area contributed by atoms with Crippen LogP contribution >= 0.6 is 0 Å². The van der Waals surface area contributed by atoms with E-state index in [4.69, 9.17) is 9.47 Å². The Morgan fingerprint density at radius 3 is 2.54 bits per heavy atom. The number of rotatable bonds is 5. The molecule has 0 atom stereocenters. The highest BCUT2D eigenvalue weighted by atomic mass is 32.2. The van der Waals surface area contributed by atoms with Crippen LogP contribution in [0.5, 0.6) is 11.5 Å². The topological polar surface area (TPSA) is 93.7 Å². The van der Waals surface area contributed by atoms with Gasteiger partial charge >= 0.3 is 0 Å². The average Bonchev–Trinajstić information content (AvgIpc) is 3.03. The lowest BCUT2D eigenvalue weighted by Crippen LogP contribution is -2.32. The zero-order valence-corrected chi connectivity index (χ0v) is 13.1. The van der Waals surface area contributed by atoms with E-state index in [0.29, 0.717) is 17.2 Å². The zero-order chi connectivity index (χ0) is 17.2. The summed E-state index contributed by atoms with van der Waals surface area (Å²) in [5, 5.41) is 2.46. The number of amides is 1. The number of carbonyl (C=O) groups is 1. The fourth-order valence-electron chi connectivity index (χ4n) is 2.03. The molecule has 1 aliphatic rings. The maximum absolute atomic E-state index is 12.8. The number of sulfonamides is 1. The van der Waals surface area contributed by atoms with Crippen molar-refractivity contribution in [3.8, 4) is 11.5 Å². The summed E-state index contributed by atoms with van der Waals surface area (Å²) in [5.74, 6) is -0.223. The first kappa shape index (κ1) is 16.2. The van der Waals surface area contributed by atoms with Crippen LogP contribution in [0.4, 0.5) is 10.1 Å². The summed E-state index contributed by atoms with van der Waals surface area (Å²) in [5.41, 5.74) is 0.365. The van der Waals surface area contributed by atoms with Crippen LogP contribution in [0.15, 0.2) is 47.4 Å². The predicted molar refractivity (Wildman–Crippen MR) is 82.8 cm³/mol. The molecule has 24 heavy (non-hydrogen) atoms. The van der Waals surface area contributed by atoms with Crippen LogP contribution in [-0.2, 0) is 14.8 Å². The molecular formula is C15H13FN2O5S. The lowest BCUT2D eigenvalue weighted by atomic mass is 10.3. The Hall–Kier alpha value is -2.65. The molecule has 2 N–H and O–H groups in total. The molecule has 2 aromatic carbocycles. The van der Waals surface area contributed by atoms with Gasteiger partial charge in [-0.3, -0.25) is 4.79 Å². The van der Waals surface area contributed by atoms with Gasteiger partial charge in [0.2, 0.25) is 22.7 Å². The van der Waals surface area contributed by atoms with Crippen molar-refractivity contribution in [2.45, 2.75) is 4.90 Å². The van der Waals surface area contributed by atoms with Gasteiger partial charge in [-0.1, -0.05) is 0 Å². The molecule has 1 amide bonds. The first-order chi connectivity index (χ1) is 11.4. The van der Waals surface area contributed by atoms with Gasteiger partial charge in [0.15, 0.2) is 11.5 Å². The van der Waals surface area contributed by atoms with Crippen molar-refractivity contribution in [1.82, 2.24) is 4.72 Å². The Morgan fingerprint density at radius 1 is 1.08 bits per heavy atom. The normalized spacial score (nSPS) is 12.9. The Balaban J connectivity index is 1.62. The summed E-state index contributed by atoms with van der Waals surface area (Å²) in [6.07, 6.45) is 0. The Bertz CT molecular complexity index is 868. The molecule has 2 aromatic rings. The summed E-state index contributed by atoms with van der Waals surface area (Å²) in [4.78, 5) is 11.7. The Labute approximate surface area is 137 Å². The van der Waals surface area contributed by atoms with Gasteiger partial charge in [-0.05, 0) is 36.4 Å². The third-order valence-corrected chi connectivity index (χ3v) is 4.60. The monoisotopic (exact) mass is 352 g/mol. The molecule has 0 unspecified atom stereocenters. The fourth-order valence-corrected chi connectivity index (χ4v) is 3.02. The van der Waals surface area contributed by atoms with Gasteiger partial charge in [-0.15, -0.1) is 0 Å². The second-order valence-electron chi connectivity index (χ2n) is 4.89. The molecule has 126 valence electrons. The third kappa shape index (κ3) is 3.63. The molecule has 0 radical (unpaired) electrons. The standard InChI is InChI=1S/C15H13FN2O5S/c16-10-1-3-11(4-2-10)18-15(19)8-17-24(20,21)12-5-6-13-14(7-12)23-9-22-13/h1-7,17H,8-9H2,(H,18,19). The molecule has 0 aliphatic carbocycles. The van der Waals surface area contributed by atoms with Crippen molar-refractivity contribution in [2.75, 3.05) is 18.7 Å². The van der Waals surface area contributed by atoms with Gasteiger partial charge in [0.25, 0.3) is 0 Å². The highest BCUT2D eigenvalue weighted by Gasteiger charge is 2.20. The molecular weight excluding hydrogens is 339 g/mol. The van der Waals surface area contributed by atoms with E-state index in [2.05, 4.69) is 10.0 Å². The van der Waals surface area contributed by atoms with E-state index in [1.807, 2.05) is 0 Å². The second kappa shape index (κ2) is 6.46. The number of benzene rings is 2. The van der Waals surface area contributed by atoms with Crippen LogP contribution < -0.4 is 19.5 Å². The highest BCUT2D eigenvalue weighted by Crippen LogP contribution is 2.33. The van der Waals surface area contributed by atoms with Crippen LogP contribution in [0, 0.1) is 5.82 Å². The van der Waals surface area contributed by atoms with Crippen molar-refractivity contribution in [1.29, 1.82) is 0 Å². The summed E-state index contributed by atoms with van der Waals surface area (Å²) in [7, 11) is -3.88. The van der Waals surface area contributed by atoms with Crippen LogP contribution in [0.1, 0.15) is 0 Å². The van der Waals surface area contributed by atoms with Gasteiger partial charge < -0.3 is 14.8 Å². The fraction of sp³-hybridized carbons (Fsp3) is 0.133. The molecule has 7 nitrogen and oxygen atoms in total. The minimum atomic E-state index is -3.88. The summed E-state index contributed by atoms with van der Waals surface area (Å²) >= 11 is 0. The quantitative estimate of drug-likeness (QED) is 0.850. The molecule has 9 heteroatoms. The van der Waals surface area contributed by atoms with Crippen LogP contribution in [0.25, 0.3) is 0 Å². The maximum atomic E-state index is 12.8. The Kier molecular flexibility index (Phi) is 4.36. The van der Waals surface area contributed by atoms with E-state index in [9.17, 15) is 17.6 Å². The first-order valence-corrected chi connectivity index (χ1v) is 8.37. The van der Waals surface area contributed by atoms with Gasteiger partial charge in [-0.25, -0.2) is 17.5 Å². The molecule has 3 rings (SSSR count). The molecule has 1 heterocycles. The molecule has 0 spiro atoms. The van der Waals surface area contributed by atoms with Gasteiger partial charge in [0.1, 0.15) is 5.82 Å². The number of ether oxygens (including phenoxy) is 2. The van der Waals surface area contributed by atoms with Gasteiger partial charge in [0.05, 0.1) is 11.4 Å². The van der Waals surface area contributed by atoms with Crippen molar-refractivity contribution in [3.63, 3.8) is 0 Å². The molecule has 0 aromatic heterocycles.